The fourth-order valence-corrected chi connectivity index (χ4v) is 2.12. The Morgan fingerprint density at radius 1 is 1.06 bits per heavy atom. The van der Waals surface area contributed by atoms with E-state index in [2.05, 4.69) is 0 Å². The topological polar surface area (TPSA) is 46.2 Å². The smallest absolute Gasteiger partial charge is 0.104 e. The molecule has 0 spiro atoms. The molecule has 0 radical (unpaired) electrons. The first-order valence-electron chi connectivity index (χ1n) is 6.24. The maximum absolute atomic E-state index is 10.4. The van der Waals surface area contributed by atoms with E-state index in [9.17, 15) is 5.11 Å². The largest absolute Gasteiger partial charge is 0.384 e. The molecular weight excluding hydrogens is 222 g/mol. The molecule has 18 heavy (non-hydrogen) atoms. The highest BCUT2D eigenvalue weighted by molar-refractivity contribution is 5.34. The lowest BCUT2D eigenvalue weighted by Crippen LogP contribution is -2.05. The third kappa shape index (κ3) is 2.97. The highest BCUT2D eigenvalue weighted by Crippen LogP contribution is 2.23. The number of hydrogen-bond donors (Lipinski definition) is 2. The van der Waals surface area contributed by atoms with Crippen LogP contribution in [0.15, 0.2) is 48.5 Å². The summed E-state index contributed by atoms with van der Waals surface area (Å²) in [6, 6.07) is 16.0. The van der Waals surface area contributed by atoms with E-state index < -0.39 is 6.10 Å². The average molecular weight is 241 g/mol. The average Bonchev–Trinajstić information content (AvgIpc) is 2.39. The van der Waals surface area contributed by atoms with Crippen LogP contribution in [0, 0.1) is 6.92 Å². The van der Waals surface area contributed by atoms with Crippen molar-refractivity contribution in [2.45, 2.75) is 19.4 Å². The van der Waals surface area contributed by atoms with Gasteiger partial charge in [-0.25, -0.2) is 0 Å². The first kappa shape index (κ1) is 12.8. The SMILES string of the molecule is Cc1cccc(C(O)c2cccc(CCN)c2)c1. The van der Waals surface area contributed by atoms with Gasteiger partial charge in [-0.2, -0.15) is 0 Å². The number of aryl methyl sites for hydroxylation is 1. The molecule has 0 fully saturated rings. The summed E-state index contributed by atoms with van der Waals surface area (Å²) >= 11 is 0. The van der Waals surface area contributed by atoms with Crippen molar-refractivity contribution in [3.05, 3.63) is 70.8 Å². The van der Waals surface area contributed by atoms with Gasteiger partial charge in [-0.1, -0.05) is 54.1 Å². The number of benzene rings is 2. The molecule has 0 aromatic heterocycles. The number of nitrogens with two attached hydrogens (primary N) is 1. The predicted molar refractivity (Wildman–Crippen MR) is 74.4 cm³/mol. The molecule has 0 saturated carbocycles. The number of aliphatic hydroxyl groups excluding tert-OH is 1. The summed E-state index contributed by atoms with van der Waals surface area (Å²) in [5.74, 6) is 0. The second-order valence-electron chi connectivity index (χ2n) is 4.60. The van der Waals surface area contributed by atoms with E-state index in [4.69, 9.17) is 5.73 Å². The molecule has 0 aliphatic rings. The van der Waals surface area contributed by atoms with Gasteiger partial charge < -0.3 is 10.8 Å². The molecule has 2 nitrogen and oxygen atoms in total. The first-order chi connectivity index (χ1) is 8.70. The molecule has 0 amide bonds. The monoisotopic (exact) mass is 241 g/mol. The van der Waals surface area contributed by atoms with E-state index in [1.165, 1.54) is 5.56 Å². The van der Waals surface area contributed by atoms with E-state index in [1.807, 2.05) is 55.5 Å². The molecule has 0 bridgehead atoms. The van der Waals surface area contributed by atoms with Gasteiger partial charge in [-0.05, 0) is 36.6 Å². The summed E-state index contributed by atoms with van der Waals surface area (Å²) in [5, 5.41) is 10.4. The molecule has 3 N–H and O–H groups in total. The molecule has 2 rings (SSSR count). The standard InChI is InChI=1S/C16H19NO/c1-12-4-2-6-14(10-12)16(18)15-7-3-5-13(11-15)8-9-17/h2-7,10-11,16,18H,8-9,17H2,1H3. The minimum absolute atomic E-state index is 0.567. The van der Waals surface area contributed by atoms with Gasteiger partial charge in [0.15, 0.2) is 0 Å². The summed E-state index contributed by atoms with van der Waals surface area (Å²) in [5.41, 5.74) is 9.73. The van der Waals surface area contributed by atoms with Crippen LogP contribution in [0.1, 0.15) is 28.4 Å². The molecule has 94 valence electrons. The molecule has 1 atom stereocenters. The van der Waals surface area contributed by atoms with E-state index in [1.54, 1.807) is 0 Å². The molecule has 2 aromatic carbocycles. The lowest BCUT2D eigenvalue weighted by molar-refractivity contribution is 0.220. The Morgan fingerprint density at radius 3 is 2.39 bits per heavy atom. The summed E-state index contributed by atoms with van der Waals surface area (Å²) in [6.07, 6.45) is 0.275. The van der Waals surface area contributed by atoms with E-state index in [-0.39, 0.29) is 0 Å². The Hall–Kier alpha value is -1.64. The zero-order valence-corrected chi connectivity index (χ0v) is 10.6. The Labute approximate surface area is 108 Å². The Balaban J connectivity index is 2.27. The Kier molecular flexibility index (Phi) is 4.13. The zero-order valence-electron chi connectivity index (χ0n) is 10.6. The van der Waals surface area contributed by atoms with Crippen LogP contribution in [0.25, 0.3) is 0 Å². The van der Waals surface area contributed by atoms with Crippen molar-refractivity contribution in [1.82, 2.24) is 0 Å². The van der Waals surface area contributed by atoms with Crippen molar-refractivity contribution in [1.29, 1.82) is 0 Å². The van der Waals surface area contributed by atoms with Crippen molar-refractivity contribution in [3.8, 4) is 0 Å². The Morgan fingerprint density at radius 2 is 1.72 bits per heavy atom. The van der Waals surface area contributed by atoms with Crippen molar-refractivity contribution in [2.24, 2.45) is 5.73 Å². The summed E-state index contributed by atoms with van der Waals surface area (Å²) in [6.45, 7) is 2.66. The summed E-state index contributed by atoms with van der Waals surface area (Å²) < 4.78 is 0. The second-order valence-corrected chi connectivity index (χ2v) is 4.60. The molecule has 1 unspecified atom stereocenters. The Bertz CT molecular complexity index is 522. The van der Waals surface area contributed by atoms with Crippen LogP contribution in [0.4, 0.5) is 0 Å². The normalized spacial score (nSPS) is 12.4. The van der Waals surface area contributed by atoms with Gasteiger partial charge in [0.2, 0.25) is 0 Å². The zero-order chi connectivity index (χ0) is 13.0. The molecule has 0 saturated heterocycles. The second kappa shape index (κ2) is 5.80. The number of hydrogen-bond acceptors (Lipinski definition) is 2. The van der Waals surface area contributed by atoms with Crippen molar-refractivity contribution >= 4 is 0 Å². The summed E-state index contributed by atoms with van der Waals surface area (Å²) in [4.78, 5) is 0. The van der Waals surface area contributed by atoms with E-state index in [0.717, 1.165) is 23.1 Å². The third-order valence-corrected chi connectivity index (χ3v) is 3.06. The van der Waals surface area contributed by atoms with Crippen LogP contribution in [0.3, 0.4) is 0 Å². The lowest BCUT2D eigenvalue weighted by Gasteiger charge is -2.13. The van der Waals surface area contributed by atoms with Crippen LogP contribution in [-0.2, 0) is 6.42 Å². The van der Waals surface area contributed by atoms with Crippen molar-refractivity contribution in [3.63, 3.8) is 0 Å². The molecule has 2 aromatic rings. The quantitative estimate of drug-likeness (QED) is 0.864. The highest BCUT2D eigenvalue weighted by atomic mass is 16.3. The van der Waals surface area contributed by atoms with Crippen LogP contribution in [0.2, 0.25) is 0 Å². The predicted octanol–water partition coefficient (Wildman–Crippen LogP) is 2.58. The van der Waals surface area contributed by atoms with Gasteiger partial charge in [-0.15, -0.1) is 0 Å². The van der Waals surface area contributed by atoms with Crippen LogP contribution in [0.5, 0.6) is 0 Å². The van der Waals surface area contributed by atoms with Gasteiger partial charge in [0.05, 0.1) is 0 Å². The van der Waals surface area contributed by atoms with Gasteiger partial charge in [-0.3, -0.25) is 0 Å². The number of aliphatic hydroxyl groups is 1. The van der Waals surface area contributed by atoms with Crippen LogP contribution >= 0.6 is 0 Å². The van der Waals surface area contributed by atoms with Crippen LogP contribution in [-0.4, -0.2) is 11.7 Å². The third-order valence-electron chi connectivity index (χ3n) is 3.06. The van der Waals surface area contributed by atoms with Crippen LogP contribution < -0.4 is 5.73 Å². The lowest BCUT2D eigenvalue weighted by atomic mass is 9.98. The van der Waals surface area contributed by atoms with Gasteiger partial charge in [0, 0.05) is 0 Å². The number of rotatable bonds is 4. The van der Waals surface area contributed by atoms with Crippen molar-refractivity contribution in [2.75, 3.05) is 6.54 Å². The first-order valence-corrected chi connectivity index (χ1v) is 6.24. The minimum Gasteiger partial charge on any atom is -0.384 e. The fourth-order valence-electron chi connectivity index (χ4n) is 2.12. The maximum atomic E-state index is 10.4. The molecule has 0 heterocycles. The molecule has 2 heteroatoms. The maximum Gasteiger partial charge on any atom is 0.104 e. The van der Waals surface area contributed by atoms with E-state index >= 15 is 0 Å². The van der Waals surface area contributed by atoms with E-state index in [0.29, 0.717) is 6.54 Å². The molecule has 0 aliphatic carbocycles. The van der Waals surface area contributed by atoms with Gasteiger partial charge in [0.1, 0.15) is 6.10 Å². The minimum atomic E-state index is -0.567. The van der Waals surface area contributed by atoms with Gasteiger partial charge in [0.25, 0.3) is 0 Å². The fraction of sp³-hybridized carbons (Fsp3) is 0.250. The highest BCUT2D eigenvalue weighted by Gasteiger charge is 2.10. The summed E-state index contributed by atoms with van der Waals surface area (Å²) in [7, 11) is 0. The molecular formula is C16H19NO. The van der Waals surface area contributed by atoms with Crippen molar-refractivity contribution < 1.29 is 5.11 Å². The van der Waals surface area contributed by atoms with Gasteiger partial charge >= 0.3 is 0 Å². The molecule has 0 aliphatic heterocycles.